The molecule has 1 atom stereocenters. The molecule has 0 spiro atoms. The fraction of sp³-hybridized carbons (Fsp3) is 0.533. The number of ether oxygens (including phenoxy) is 2. The number of hydrogen-bond acceptors (Lipinski definition) is 3. The first-order valence-electron chi connectivity index (χ1n) is 6.74. The normalized spacial score (nSPS) is 19.2. The Hall–Kier alpha value is -1.55. The fourth-order valence-electron chi connectivity index (χ4n) is 2.42. The number of likely N-dealkylation sites (tertiary alicyclic amines) is 1. The highest BCUT2D eigenvalue weighted by atomic mass is 16.5. The number of nitrogens with zero attached hydrogens (tertiary/aromatic N) is 1. The smallest absolute Gasteiger partial charge is 0.260 e. The molecular formula is C15H21NO3. The predicted octanol–water partition coefficient (Wildman–Crippen LogP) is 1.95. The maximum atomic E-state index is 12.1. The molecule has 0 radical (unpaired) electrons. The van der Waals surface area contributed by atoms with Crippen LogP contribution in [0, 0.1) is 5.92 Å². The van der Waals surface area contributed by atoms with Crippen LogP contribution in [0.2, 0.25) is 0 Å². The van der Waals surface area contributed by atoms with Gasteiger partial charge in [-0.1, -0.05) is 18.2 Å². The van der Waals surface area contributed by atoms with Crippen molar-refractivity contribution in [3.63, 3.8) is 0 Å². The van der Waals surface area contributed by atoms with Crippen molar-refractivity contribution >= 4 is 5.91 Å². The lowest BCUT2D eigenvalue weighted by atomic mass is 9.99. The van der Waals surface area contributed by atoms with Crippen molar-refractivity contribution < 1.29 is 14.3 Å². The van der Waals surface area contributed by atoms with Crippen LogP contribution < -0.4 is 4.74 Å². The first kappa shape index (κ1) is 13.9. The number of rotatable bonds is 5. The summed E-state index contributed by atoms with van der Waals surface area (Å²) in [4.78, 5) is 14.0. The van der Waals surface area contributed by atoms with E-state index in [-0.39, 0.29) is 12.5 Å². The minimum absolute atomic E-state index is 0.0599. The van der Waals surface area contributed by atoms with E-state index in [2.05, 4.69) is 0 Å². The van der Waals surface area contributed by atoms with Crippen LogP contribution in [0.1, 0.15) is 12.8 Å². The monoisotopic (exact) mass is 263 g/mol. The highest BCUT2D eigenvalue weighted by Gasteiger charge is 2.23. The third kappa shape index (κ3) is 4.24. The number of carbonyl (C=O) groups excluding carboxylic acids is 1. The molecule has 19 heavy (non-hydrogen) atoms. The second kappa shape index (κ2) is 7.14. The number of amides is 1. The molecule has 1 aliphatic rings. The zero-order valence-corrected chi connectivity index (χ0v) is 11.4. The van der Waals surface area contributed by atoms with Crippen LogP contribution >= 0.6 is 0 Å². The summed E-state index contributed by atoms with van der Waals surface area (Å²) in [6.07, 6.45) is 2.18. The highest BCUT2D eigenvalue weighted by Crippen LogP contribution is 2.17. The van der Waals surface area contributed by atoms with Gasteiger partial charge in [-0.15, -0.1) is 0 Å². The summed E-state index contributed by atoms with van der Waals surface area (Å²) < 4.78 is 10.7. The Kier molecular flexibility index (Phi) is 5.21. The molecule has 1 heterocycles. The number of methoxy groups -OCH3 is 1. The van der Waals surface area contributed by atoms with Crippen LogP contribution in [0.5, 0.6) is 5.75 Å². The molecule has 104 valence electrons. The summed E-state index contributed by atoms with van der Waals surface area (Å²) in [5.74, 6) is 1.25. The van der Waals surface area contributed by atoms with Crippen molar-refractivity contribution in [2.24, 2.45) is 5.92 Å². The van der Waals surface area contributed by atoms with Gasteiger partial charge in [0, 0.05) is 20.2 Å². The summed E-state index contributed by atoms with van der Waals surface area (Å²) >= 11 is 0. The number of piperidine rings is 1. The van der Waals surface area contributed by atoms with E-state index in [0.717, 1.165) is 38.3 Å². The molecule has 0 aliphatic carbocycles. The Morgan fingerprint density at radius 3 is 2.89 bits per heavy atom. The van der Waals surface area contributed by atoms with Gasteiger partial charge in [0.05, 0.1) is 6.61 Å². The maximum Gasteiger partial charge on any atom is 0.260 e. The summed E-state index contributed by atoms with van der Waals surface area (Å²) in [7, 11) is 1.71. The number of hydrogen-bond donors (Lipinski definition) is 0. The molecule has 0 bridgehead atoms. The van der Waals surface area contributed by atoms with Gasteiger partial charge in [0.2, 0.25) is 0 Å². The van der Waals surface area contributed by atoms with Gasteiger partial charge >= 0.3 is 0 Å². The summed E-state index contributed by atoms with van der Waals surface area (Å²) in [5.41, 5.74) is 0. The topological polar surface area (TPSA) is 38.8 Å². The second-order valence-corrected chi connectivity index (χ2v) is 4.91. The summed E-state index contributed by atoms with van der Waals surface area (Å²) in [5, 5.41) is 0. The zero-order chi connectivity index (χ0) is 13.5. The summed E-state index contributed by atoms with van der Waals surface area (Å²) in [6.45, 7) is 2.45. The standard InChI is InChI=1S/C15H21NO3/c1-18-11-13-6-5-9-16(10-13)15(17)12-19-14-7-3-2-4-8-14/h2-4,7-8,13H,5-6,9-12H2,1H3. The van der Waals surface area contributed by atoms with Gasteiger partial charge in [0.15, 0.2) is 6.61 Å². The fourth-order valence-corrected chi connectivity index (χ4v) is 2.42. The van der Waals surface area contributed by atoms with E-state index < -0.39 is 0 Å². The molecule has 1 unspecified atom stereocenters. The van der Waals surface area contributed by atoms with E-state index >= 15 is 0 Å². The third-order valence-electron chi connectivity index (χ3n) is 3.38. The quantitative estimate of drug-likeness (QED) is 0.815. The molecule has 4 heteroatoms. The van der Waals surface area contributed by atoms with Gasteiger partial charge in [-0.2, -0.15) is 0 Å². The average molecular weight is 263 g/mol. The van der Waals surface area contributed by atoms with Crippen molar-refractivity contribution in [3.8, 4) is 5.75 Å². The van der Waals surface area contributed by atoms with Crippen molar-refractivity contribution in [1.82, 2.24) is 4.90 Å². The van der Waals surface area contributed by atoms with E-state index in [1.807, 2.05) is 35.2 Å². The van der Waals surface area contributed by atoms with E-state index in [9.17, 15) is 4.79 Å². The average Bonchev–Trinajstić information content (AvgIpc) is 2.46. The molecule has 1 aliphatic heterocycles. The van der Waals surface area contributed by atoms with Crippen molar-refractivity contribution in [2.45, 2.75) is 12.8 Å². The van der Waals surface area contributed by atoms with Gasteiger partial charge < -0.3 is 14.4 Å². The van der Waals surface area contributed by atoms with Gasteiger partial charge in [-0.25, -0.2) is 0 Å². The molecule has 0 N–H and O–H groups in total. The minimum Gasteiger partial charge on any atom is -0.484 e. The molecule has 4 nitrogen and oxygen atoms in total. The van der Waals surface area contributed by atoms with Crippen LogP contribution in [0.3, 0.4) is 0 Å². The lowest BCUT2D eigenvalue weighted by Crippen LogP contribution is -2.43. The Bertz CT molecular complexity index is 392. The van der Waals surface area contributed by atoms with Crippen LogP contribution in [0.25, 0.3) is 0 Å². The van der Waals surface area contributed by atoms with Gasteiger partial charge in [0.25, 0.3) is 5.91 Å². The predicted molar refractivity (Wildman–Crippen MR) is 73.1 cm³/mol. The first-order valence-corrected chi connectivity index (χ1v) is 6.74. The molecule has 1 amide bonds. The maximum absolute atomic E-state index is 12.1. The van der Waals surface area contributed by atoms with Crippen LogP contribution in [0.4, 0.5) is 0 Å². The highest BCUT2D eigenvalue weighted by molar-refractivity contribution is 5.77. The Morgan fingerprint density at radius 1 is 1.37 bits per heavy atom. The third-order valence-corrected chi connectivity index (χ3v) is 3.38. The molecule has 1 aromatic rings. The van der Waals surface area contributed by atoms with Gasteiger partial charge in [-0.05, 0) is 30.9 Å². The van der Waals surface area contributed by atoms with Crippen molar-refractivity contribution in [1.29, 1.82) is 0 Å². The molecule has 1 fully saturated rings. The van der Waals surface area contributed by atoms with Gasteiger partial charge in [-0.3, -0.25) is 4.79 Å². The molecule has 2 rings (SSSR count). The van der Waals surface area contributed by atoms with E-state index in [1.54, 1.807) is 7.11 Å². The van der Waals surface area contributed by atoms with Crippen LogP contribution in [0.15, 0.2) is 30.3 Å². The second-order valence-electron chi connectivity index (χ2n) is 4.91. The van der Waals surface area contributed by atoms with E-state index in [0.29, 0.717) is 5.92 Å². The van der Waals surface area contributed by atoms with Crippen molar-refractivity contribution in [2.75, 3.05) is 33.4 Å². The molecule has 0 aromatic heterocycles. The SMILES string of the molecule is COCC1CCCN(C(=O)COc2ccccc2)C1. The minimum atomic E-state index is 0.0599. The van der Waals surface area contributed by atoms with Crippen molar-refractivity contribution in [3.05, 3.63) is 30.3 Å². The largest absolute Gasteiger partial charge is 0.484 e. The number of carbonyl (C=O) groups is 1. The Morgan fingerprint density at radius 2 is 2.16 bits per heavy atom. The zero-order valence-electron chi connectivity index (χ0n) is 11.4. The Labute approximate surface area is 114 Å². The van der Waals surface area contributed by atoms with Gasteiger partial charge in [0.1, 0.15) is 5.75 Å². The molecule has 0 saturated carbocycles. The first-order chi connectivity index (χ1) is 9.29. The lowest BCUT2D eigenvalue weighted by molar-refractivity contribution is -0.135. The Balaban J connectivity index is 1.79. The number of para-hydroxylation sites is 1. The van der Waals surface area contributed by atoms with E-state index in [1.165, 1.54) is 0 Å². The van der Waals surface area contributed by atoms with E-state index in [4.69, 9.17) is 9.47 Å². The summed E-state index contributed by atoms with van der Waals surface area (Å²) in [6, 6.07) is 9.44. The van der Waals surface area contributed by atoms with Crippen LogP contribution in [-0.4, -0.2) is 44.2 Å². The number of benzene rings is 1. The lowest BCUT2D eigenvalue weighted by Gasteiger charge is -2.32. The molecule has 1 aromatic carbocycles. The molecular weight excluding hydrogens is 242 g/mol. The van der Waals surface area contributed by atoms with Crippen LogP contribution in [-0.2, 0) is 9.53 Å². The molecule has 1 saturated heterocycles.